The Hall–Kier alpha value is -1.18. The van der Waals surface area contributed by atoms with E-state index in [4.69, 9.17) is 11.6 Å². The van der Waals surface area contributed by atoms with Crippen LogP contribution in [0.1, 0.15) is 32.6 Å². The van der Waals surface area contributed by atoms with E-state index in [0.29, 0.717) is 43.2 Å². The van der Waals surface area contributed by atoms with E-state index in [-0.39, 0.29) is 17.6 Å². The number of nitrogens with zero attached hydrogens (tertiary/aromatic N) is 2. The lowest BCUT2D eigenvalue weighted by Crippen LogP contribution is -2.42. The number of pyridine rings is 1. The maximum Gasteiger partial charge on any atom is 0.228 e. The summed E-state index contributed by atoms with van der Waals surface area (Å²) in [6.07, 6.45) is 4.06. The minimum Gasteiger partial charge on any atom is -0.310 e. The molecule has 8 heteroatoms. The molecule has 2 heterocycles. The molecule has 1 amide bonds. The van der Waals surface area contributed by atoms with E-state index >= 15 is 0 Å². The van der Waals surface area contributed by atoms with Crippen molar-refractivity contribution in [2.75, 3.05) is 24.2 Å². The first-order valence-corrected chi connectivity index (χ1v) is 9.81. The standard InChI is InChI=1S/C15H22ClN3O3S/c1-2-3-10-23(21,22)19-8-6-12(7-9-19)15(20)18-14-5-4-13(16)11-17-14/h4-5,11-12H,2-3,6-10H2,1H3,(H,17,18,20). The zero-order valence-electron chi connectivity index (χ0n) is 13.2. The molecule has 0 unspecified atom stereocenters. The van der Waals surface area contributed by atoms with Gasteiger partial charge in [0.1, 0.15) is 5.82 Å². The number of hydrogen-bond donors (Lipinski definition) is 1. The summed E-state index contributed by atoms with van der Waals surface area (Å²) in [4.78, 5) is 16.3. The Kier molecular flexibility index (Phi) is 6.38. The van der Waals surface area contributed by atoms with Crippen molar-refractivity contribution in [2.24, 2.45) is 5.92 Å². The van der Waals surface area contributed by atoms with Gasteiger partial charge in [-0.1, -0.05) is 24.9 Å². The van der Waals surface area contributed by atoms with Gasteiger partial charge in [-0.15, -0.1) is 0 Å². The van der Waals surface area contributed by atoms with Crippen LogP contribution in [-0.4, -0.2) is 42.5 Å². The normalized spacial score (nSPS) is 17.1. The monoisotopic (exact) mass is 359 g/mol. The third kappa shape index (κ3) is 5.16. The Bertz CT molecular complexity index is 626. The Morgan fingerprint density at radius 3 is 2.65 bits per heavy atom. The van der Waals surface area contributed by atoms with Crippen molar-refractivity contribution in [3.8, 4) is 0 Å². The van der Waals surface area contributed by atoms with Crippen molar-refractivity contribution in [3.05, 3.63) is 23.4 Å². The number of hydrogen-bond acceptors (Lipinski definition) is 4. The number of rotatable bonds is 6. The fourth-order valence-electron chi connectivity index (χ4n) is 2.53. The van der Waals surface area contributed by atoms with Crippen molar-refractivity contribution in [2.45, 2.75) is 32.6 Å². The molecular weight excluding hydrogens is 338 g/mol. The van der Waals surface area contributed by atoms with Crippen molar-refractivity contribution in [3.63, 3.8) is 0 Å². The van der Waals surface area contributed by atoms with Gasteiger partial charge < -0.3 is 5.32 Å². The summed E-state index contributed by atoms with van der Waals surface area (Å²) >= 11 is 5.75. The molecule has 0 atom stereocenters. The Morgan fingerprint density at radius 1 is 1.39 bits per heavy atom. The second-order valence-corrected chi connectivity index (χ2v) is 8.22. The average molecular weight is 360 g/mol. The van der Waals surface area contributed by atoms with Gasteiger partial charge >= 0.3 is 0 Å². The highest BCUT2D eigenvalue weighted by Crippen LogP contribution is 2.22. The first-order chi connectivity index (χ1) is 10.9. The van der Waals surface area contributed by atoms with Gasteiger partial charge in [0, 0.05) is 25.2 Å². The number of piperidine rings is 1. The molecule has 1 aromatic rings. The Balaban J connectivity index is 1.86. The number of amides is 1. The molecule has 0 bridgehead atoms. The van der Waals surface area contributed by atoms with Gasteiger partial charge in [0.2, 0.25) is 15.9 Å². The predicted octanol–water partition coefficient (Wildman–Crippen LogP) is 2.52. The molecule has 1 saturated heterocycles. The van der Waals surface area contributed by atoms with Gasteiger partial charge in [0.05, 0.1) is 10.8 Å². The molecule has 1 N–H and O–H groups in total. The van der Waals surface area contributed by atoms with Crippen LogP contribution in [0.3, 0.4) is 0 Å². The SMILES string of the molecule is CCCCS(=O)(=O)N1CCC(C(=O)Nc2ccc(Cl)cn2)CC1. The summed E-state index contributed by atoms with van der Waals surface area (Å²) in [6.45, 7) is 2.77. The molecule has 2 rings (SSSR count). The molecule has 1 aliphatic heterocycles. The lowest BCUT2D eigenvalue weighted by Gasteiger charge is -2.30. The number of anilines is 1. The maximum absolute atomic E-state index is 12.2. The van der Waals surface area contributed by atoms with E-state index in [2.05, 4.69) is 10.3 Å². The maximum atomic E-state index is 12.2. The molecule has 6 nitrogen and oxygen atoms in total. The number of carbonyl (C=O) groups excluding carboxylic acids is 1. The smallest absolute Gasteiger partial charge is 0.228 e. The Morgan fingerprint density at radius 2 is 2.09 bits per heavy atom. The minimum atomic E-state index is -3.18. The lowest BCUT2D eigenvalue weighted by molar-refractivity contribution is -0.120. The molecule has 1 aliphatic rings. The van der Waals surface area contributed by atoms with Crippen molar-refractivity contribution in [1.82, 2.24) is 9.29 Å². The molecule has 0 radical (unpaired) electrons. The second kappa shape index (κ2) is 8.08. The highest BCUT2D eigenvalue weighted by atomic mass is 35.5. The van der Waals surface area contributed by atoms with Crippen molar-refractivity contribution in [1.29, 1.82) is 0 Å². The zero-order valence-corrected chi connectivity index (χ0v) is 14.7. The highest BCUT2D eigenvalue weighted by molar-refractivity contribution is 7.89. The van der Waals surface area contributed by atoms with E-state index in [1.165, 1.54) is 10.5 Å². The minimum absolute atomic E-state index is 0.120. The molecule has 1 aromatic heterocycles. The number of aromatic nitrogens is 1. The second-order valence-electron chi connectivity index (χ2n) is 5.69. The molecular formula is C15H22ClN3O3S. The van der Waals surface area contributed by atoms with Gasteiger partial charge in [-0.3, -0.25) is 4.79 Å². The van der Waals surface area contributed by atoms with Gasteiger partial charge in [-0.2, -0.15) is 0 Å². The summed E-state index contributed by atoms with van der Waals surface area (Å²) in [5.74, 6) is 0.336. The van der Waals surface area contributed by atoms with Gasteiger partial charge in [0.25, 0.3) is 0 Å². The third-order valence-electron chi connectivity index (χ3n) is 3.95. The molecule has 0 aliphatic carbocycles. The van der Waals surface area contributed by atoms with Crippen LogP contribution in [0.15, 0.2) is 18.3 Å². The van der Waals surface area contributed by atoms with E-state index in [1.54, 1.807) is 12.1 Å². The summed E-state index contributed by atoms with van der Waals surface area (Å²) in [5.41, 5.74) is 0. The van der Waals surface area contributed by atoms with Crippen molar-refractivity contribution >= 4 is 33.3 Å². The summed E-state index contributed by atoms with van der Waals surface area (Å²) in [5, 5.41) is 3.26. The molecule has 0 aromatic carbocycles. The summed E-state index contributed by atoms with van der Waals surface area (Å²) < 4.78 is 25.8. The van der Waals surface area contributed by atoms with Crippen LogP contribution < -0.4 is 5.32 Å². The third-order valence-corrected chi connectivity index (χ3v) is 6.13. The summed E-state index contributed by atoms with van der Waals surface area (Å²) in [7, 11) is -3.18. The Labute approximate surface area is 142 Å². The molecule has 1 fully saturated rings. The lowest BCUT2D eigenvalue weighted by atomic mass is 9.97. The van der Waals surface area contributed by atoms with Crippen LogP contribution in [0.5, 0.6) is 0 Å². The van der Waals surface area contributed by atoms with Crippen LogP contribution in [0.25, 0.3) is 0 Å². The fraction of sp³-hybridized carbons (Fsp3) is 0.600. The van der Waals surface area contributed by atoms with Crippen LogP contribution in [-0.2, 0) is 14.8 Å². The molecule has 23 heavy (non-hydrogen) atoms. The fourth-order valence-corrected chi connectivity index (χ4v) is 4.32. The number of halogens is 1. The summed E-state index contributed by atoms with van der Waals surface area (Å²) in [6, 6.07) is 3.30. The molecule has 128 valence electrons. The van der Waals surface area contributed by atoms with Crippen LogP contribution >= 0.6 is 11.6 Å². The predicted molar refractivity (Wildman–Crippen MR) is 90.9 cm³/mol. The van der Waals surface area contributed by atoms with Crippen LogP contribution in [0.4, 0.5) is 5.82 Å². The largest absolute Gasteiger partial charge is 0.310 e. The van der Waals surface area contributed by atoms with Gasteiger partial charge in [-0.25, -0.2) is 17.7 Å². The van der Waals surface area contributed by atoms with Gasteiger partial charge in [0.15, 0.2) is 0 Å². The van der Waals surface area contributed by atoms with Crippen LogP contribution in [0.2, 0.25) is 5.02 Å². The molecule has 0 spiro atoms. The number of sulfonamides is 1. The number of nitrogens with one attached hydrogen (secondary N) is 1. The topological polar surface area (TPSA) is 79.4 Å². The van der Waals surface area contributed by atoms with Crippen LogP contribution in [0, 0.1) is 5.92 Å². The quantitative estimate of drug-likeness (QED) is 0.846. The first-order valence-electron chi connectivity index (χ1n) is 7.82. The highest BCUT2D eigenvalue weighted by Gasteiger charge is 2.30. The van der Waals surface area contributed by atoms with E-state index in [0.717, 1.165) is 6.42 Å². The van der Waals surface area contributed by atoms with E-state index < -0.39 is 10.0 Å². The van der Waals surface area contributed by atoms with E-state index in [9.17, 15) is 13.2 Å². The number of carbonyl (C=O) groups is 1. The first kappa shape index (κ1) is 18.2. The van der Waals surface area contributed by atoms with Gasteiger partial charge in [-0.05, 0) is 31.4 Å². The van der Waals surface area contributed by atoms with Crippen molar-refractivity contribution < 1.29 is 13.2 Å². The molecule has 0 saturated carbocycles. The zero-order chi connectivity index (χ0) is 16.9. The number of unbranched alkanes of at least 4 members (excludes halogenated alkanes) is 1. The average Bonchev–Trinajstić information content (AvgIpc) is 2.55. The van der Waals surface area contributed by atoms with E-state index in [1.807, 2.05) is 6.92 Å².